The first-order valence-electron chi connectivity index (χ1n) is 6.29. The molecule has 0 radical (unpaired) electrons. The van der Waals surface area contributed by atoms with Crippen LogP contribution in [0.1, 0.15) is 0 Å². The third-order valence-corrected chi connectivity index (χ3v) is 3.16. The Bertz CT molecular complexity index is 301. The van der Waals surface area contributed by atoms with Crippen molar-refractivity contribution >= 4 is 11.8 Å². The molecule has 3 N–H and O–H groups in total. The van der Waals surface area contributed by atoms with E-state index in [1.165, 1.54) is 0 Å². The number of carbonyl (C=O) groups is 2. The van der Waals surface area contributed by atoms with Crippen molar-refractivity contribution in [1.29, 1.82) is 0 Å². The van der Waals surface area contributed by atoms with Gasteiger partial charge in [-0.05, 0) is 0 Å². The average molecular weight is 256 g/mol. The summed E-state index contributed by atoms with van der Waals surface area (Å²) in [7, 11) is 0. The first-order valence-corrected chi connectivity index (χ1v) is 6.29. The highest BCUT2D eigenvalue weighted by atomic mass is 16.3. The minimum Gasteiger partial charge on any atom is -0.390 e. The number of imide groups is 1. The lowest BCUT2D eigenvalue weighted by Crippen LogP contribution is -2.54. The molecule has 18 heavy (non-hydrogen) atoms. The summed E-state index contributed by atoms with van der Waals surface area (Å²) in [6.45, 7) is 5.06. The van der Waals surface area contributed by atoms with Crippen molar-refractivity contribution in [3.63, 3.8) is 0 Å². The largest absolute Gasteiger partial charge is 0.390 e. The highest BCUT2D eigenvalue weighted by Crippen LogP contribution is 2.00. The number of carbonyl (C=O) groups excluding carboxylic acids is 2. The van der Waals surface area contributed by atoms with Gasteiger partial charge in [-0.3, -0.25) is 24.7 Å². The van der Waals surface area contributed by atoms with E-state index >= 15 is 0 Å². The Morgan fingerprint density at radius 3 is 2.22 bits per heavy atom. The summed E-state index contributed by atoms with van der Waals surface area (Å²) in [6, 6.07) is 0. The van der Waals surface area contributed by atoms with Crippen molar-refractivity contribution < 1.29 is 14.7 Å². The van der Waals surface area contributed by atoms with Gasteiger partial charge in [-0.25, -0.2) is 0 Å². The second-order valence-electron chi connectivity index (χ2n) is 4.85. The van der Waals surface area contributed by atoms with Gasteiger partial charge in [0, 0.05) is 39.3 Å². The van der Waals surface area contributed by atoms with E-state index in [4.69, 9.17) is 0 Å². The Morgan fingerprint density at radius 2 is 1.61 bits per heavy atom. The van der Waals surface area contributed by atoms with Gasteiger partial charge in [0.15, 0.2) is 0 Å². The molecule has 2 aliphatic rings. The molecule has 2 aliphatic heterocycles. The number of nitrogens with zero attached hydrogens (tertiary/aromatic N) is 2. The summed E-state index contributed by atoms with van der Waals surface area (Å²) in [6.07, 6.45) is -0.526. The van der Waals surface area contributed by atoms with Crippen molar-refractivity contribution in [1.82, 2.24) is 20.4 Å². The van der Waals surface area contributed by atoms with Gasteiger partial charge in [0.1, 0.15) is 0 Å². The first-order chi connectivity index (χ1) is 8.63. The highest BCUT2D eigenvalue weighted by Gasteiger charge is 2.25. The maximum absolute atomic E-state index is 11.2. The molecule has 0 spiro atoms. The van der Waals surface area contributed by atoms with Crippen LogP contribution in [-0.4, -0.2) is 85.2 Å². The molecular weight excluding hydrogens is 236 g/mol. The van der Waals surface area contributed by atoms with Crippen molar-refractivity contribution in [3.05, 3.63) is 0 Å². The van der Waals surface area contributed by atoms with Crippen LogP contribution < -0.4 is 10.6 Å². The van der Waals surface area contributed by atoms with Crippen molar-refractivity contribution in [2.75, 3.05) is 52.4 Å². The third kappa shape index (κ3) is 4.02. The molecule has 2 rings (SSSR count). The Labute approximate surface area is 106 Å². The molecular formula is C11H20N4O3. The number of hydrogen-bond acceptors (Lipinski definition) is 6. The Balaban J connectivity index is 1.74. The zero-order valence-electron chi connectivity index (χ0n) is 10.4. The summed E-state index contributed by atoms with van der Waals surface area (Å²) in [5, 5.41) is 15.5. The maximum atomic E-state index is 11.2. The Kier molecular flexibility index (Phi) is 4.65. The number of aliphatic hydroxyl groups is 1. The SMILES string of the molecule is O=C1CN(CC(O)CN2CCNCC2)CC(=O)N1. The van der Waals surface area contributed by atoms with Gasteiger partial charge in [0.25, 0.3) is 0 Å². The van der Waals surface area contributed by atoms with E-state index in [1.54, 1.807) is 4.90 Å². The molecule has 1 unspecified atom stereocenters. The number of piperazine rings is 2. The Morgan fingerprint density at radius 1 is 1.06 bits per heavy atom. The van der Waals surface area contributed by atoms with Gasteiger partial charge in [0.2, 0.25) is 11.8 Å². The zero-order chi connectivity index (χ0) is 13.0. The van der Waals surface area contributed by atoms with Gasteiger partial charge >= 0.3 is 0 Å². The van der Waals surface area contributed by atoms with Gasteiger partial charge in [-0.2, -0.15) is 0 Å². The molecule has 0 saturated carbocycles. The summed E-state index contributed by atoms with van der Waals surface area (Å²) in [4.78, 5) is 26.2. The number of amides is 2. The van der Waals surface area contributed by atoms with E-state index in [0.717, 1.165) is 26.2 Å². The minimum atomic E-state index is -0.526. The number of aliphatic hydroxyl groups excluding tert-OH is 1. The Hall–Kier alpha value is -1.02. The standard InChI is InChI=1S/C11H20N4O3/c16-9(5-14-3-1-12-2-4-14)6-15-7-10(17)13-11(18)8-15/h9,12,16H,1-8H2,(H,13,17,18). The van der Waals surface area contributed by atoms with Gasteiger partial charge in [0.05, 0.1) is 19.2 Å². The molecule has 0 aromatic rings. The molecule has 0 aromatic carbocycles. The predicted octanol–water partition coefficient (Wildman–Crippen LogP) is -2.79. The van der Waals surface area contributed by atoms with Crippen molar-refractivity contribution in [3.8, 4) is 0 Å². The van der Waals surface area contributed by atoms with Crippen LogP contribution in [0, 0.1) is 0 Å². The monoisotopic (exact) mass is 256 g/mol. The number of rotatable bonds is 4. The summed E-state index contributed by atoms with van der Waals surface area (Å²) >= 11 is 0. The fourth-order valence-electron chi connectivity index (χ4n) is 2.37. The van der Waals surface area contributed by atoms with Crippen molar-refractivity contribution in [2.45, 2.75) is 6.10 Å². The van der Waals surface area contributed by atoms with Crippen LogP contribution in [0.5, 0.6) is 0 Å². The van der Waals surface area contributed by atoms with E-state index in [0.29, 0.717) is 13.1 Å². The van der Waals surface area contributed by atoms with Crippen LogP contribution in [0.15, 0.2) is 0 Å². The zero-order valence-corrected chi connectivity index (χ0v) is 10.4. The predicted molar refractivity (Wildman–Crippen MR) is 64.9 cm³/mol. The topological polar surface area (TPSA) is 84.9 Å². The molecule has 0 aromatic heterocycles. The molecule has 7 heteroatoms. The molecule has 0 bridgehead atoms. The fourth-order valence-corrected chi connectivity index (χ4v) is 2.37. The summed E-state index contributed by atoms with van der Waals surface area (Å²) in [5.41, 5.74) is 0. The van der Waals surface area contributed by atoms with Crippen LogP contribution in [-0.2, 0) is 9.59 Å². The maximum Gasteiger partial charge on any atom is 0.240 e. The summed E-state index contributed by atoms with van der Waals surface area (Å²) < 4.78 is 0. The van der Waals surface area contributed by atoms with Gasteiger partial charge in [-0.1, -0.05) is 0 Å². The second-order valence-corrected chi connectivity index (χ2v) is 4.85. The normalized spacial score (nSPS) is 24.9. The van der Waals surface area contributed by atoms with E-state index in [9.17, 15) is 14.7 Å². The highest BCUT2D eigenvalue weighted by molar-refractivity contribution is 5.99. The molecule has 2 heterocycles. The van der Waals surface area contributed by atoms with Crippen LogP contribution in [0.3, 0.4) is 0 Å². The molecule has 2 fully saturated rings. The fraction of sp³-hybridized carbons (Fsp3) is 0.818. The second kappa shape index (κ2) is 6.24. The van der Waals surface area contributed by atoms with Crippen LogP contribution >= 0.6 is 0 Å². The van der Waals surface area contributed by atoms with Crippen LogP contribution in [0.2, 0.25) is 0 Å². The van der Waals surface area contributed by atoms with Gasteiger partial charge < -0.3 is 10.4 Å². The third-order valence-electron chi connectivity index (χ3n) is 3.16. The van der Waals surface area contributed by atoms with Crippen LogP contribution in [0.4, 0.5) is 0 Å². The molecule has 2 amide bonds. The summed E-state index contributed by atoms with van der Waals surface area (Å²) in [5.74, 6) is -0.582. The quantitative estimate of drug-likeness (QED) is 0.472. The van der Waals surface area contributed by atoms with Crippen LogP contribution in [0.25, 0.3) is 0 Å². The number of β-amino-alcohol motifs (C(OH)–C–C–N with tert-alkyl or cyclic N) is 1. The lowest BCUT2D eigenvalue weighted by molar-refractivity contribution is -0.136. The molecule has 1 atom stereocenters. The van der Waals surface area contributed by atoms with E-state index < -0.39 is 6.10 Å². The molecule has 7 nitrogen and oxygen atoms in total. The number of hydrogen-bond donors (Lipinski definition) is 3. The van der Waals surface area contributed by atoms with E-state index in [-0.39, 0.29) is 24.9 Å². The minimum absolute atomic E-state index is 0.185. The molecule has 2 saturated heterocycles. The first kappa shape index (κ1) is 13.4. The smallest absolute Gasteiger partial charge is 0.240 e. The van der Waals surface area contributed by atoms with E-state index in [2.05, 4.69) is 15.5 Å². The van der Waals surface area contributed by atoms with Crippen molar-refractivity contribution in [2.24, 2.45) is 0 Å². The number of nitrogens with one attached hydrogen (secondary N) is 2. The molecule has 0 aliphatic carbocycles. The lowest BCUT2D eigenvalue weighted by atomic mass is 10.2. The van der Waals surface area contributed by atoms with E-state index in [1.807, 2.05) is 0 Å². The lowest BCUT2D eigenvalue weighted by Gasteiger charge is -2.32. The average Bonchev–Trinajstić information content (AvgIpc) is 2.28. The molecule has 102 valence electrons. The van der Waals surface area contributed by atoms with Gasteiger partial charge in [-0.15, -0.1) is 0 Å².